The molecule has 3 heterocycles. The number of hydrogen-bond donors (Lipinski definition) is 1. The predicted octanol–water partition coefficient (Wildman–Crippen LogP) is 3.66. The highest BCUT2D eigenvalue weighted by Gasteiger charge is 2.28. The average Bonchev–Trinajstić information content (AvgIpc) is 3.39. The molecule has 1 N–H and O–H groups in total. The topological polar surface area (TPSA) is 102 Å². The number of ether oxygens (including phenoxy) is 1. The van der Waals surface area contributed by atoms with Crippen molar-refractivity contribution in [3.8, 4) is 0 Å². The van der Waals surface area contributed by atoms with E-state index in [1.165, 1.54) is 32.4 Å². The van der Waals surface area contributed by atoms with E-state index in [1.54, 1.807) is 18.3 Å². The number of esters is 1. The van der Waals surface area contributed by atoms with Gasteiger partial charge in [-0.2, -0.15) is 0 Å². The second-order valence-corrected chi connectivity index (χ2v) is 9.97. The molecule has 3 aromatic heterocycles. The second-order valence-electron chi connectivity index (χ2n) is 8.01. The molecule has 1 aliphatic carbocycles. The fraction of sp³-hybridized carbons (Fsp3) is 0.409. The minimum Gasteiger partial charge on any atom is -0.465 e. The van der Waals surface area contributed by atoms with Gasteiger partial charge in [-0.05, 0) is 54.9 Å². The molecular weight excluding hydrogens is 402 g/mol. The summed E-state index contributed by atoms with van der Waals surface area (Å²) in [7, 11) is -1.97. The molecule has 1 saturated carbocycles. The number of nitrogens with one attached hydrogen (secondary N) is 1. The van der Waals surface area contributed by atoms with Gasteiger partial charge in [-0.3, -0.25) is 0 Å². The summed E-state index contributed by atoms with van der Waals surface area (Å²) in [5.74, 6) is 0.357. The molecule has 0 aliphatic heterocycles. The van der Waals surface area contributed by atoms with E-state index >= 15 is 0 Å². The largest absolute Gasteiger partial charge is 0.465 e. The Kier molecular flexibility index (Phi) is 5.60. The molecule has 0 radical (unpaired) electrons. The predicted molar refractivity (Wildman–Crippen MR) is 113 cm³/mol. The number of hydrogen-bond acceptors (Lipinski definition) is 6. The fourth-order valence-electron chi connectivity index (χ4n) is 4.40. The highest BCUT2D eigenvalue weighted by atomic mass is 32.2. The quantitative estimate of drug-likeness (QED) is 0.602. The number of nitrogens with zero attached hydrogens (tertiary/aromatic N) is 2. The molecule has 0 aromatic carbocycles. The first-order valence-corrected chi connectivity index (χ1v) is 12.0. The zero-order chi connectivity index (χ0) is 21.3. The van der Waals surface area contributed by atoms with Gasteiger partial charge in [0.05, 0.1) is 12.7 Å². The summed E-state index contributed by atoms with van der Waals surface area (Å²) in [4.78, 5) is 23.7. The summed E-state index contributed by atoms with van der Waals surface area (Å²) in [6, 6.07) is 7.29. The average molecular weight is 428 g/mol. The van der Waals surface area contributed by atoms with Gasteiger partial charge in [0.25, 0.3) is 0 Å². The SMILES string of the molecule is COC(=O)c1cnc2[nH]c(CC(c3ccc(S(C)(=O)=O)nc3)C3CCCC3)cc2c1. The molecule has 0 spiro atoms. The fourth-order valence-corrected chi connectivity index (χ4v) is 4.95. The van der Waals surface area contributed by atoms with Crippen LogP contribution in [0.5, 0.6) is 0 Å². The summed E-state index contributed by atoms with van der Waals surface area (Å²) < 4.78 is 28.3. The Morgan fingerprint density at radius 2 is 1.97 bits per heavy atom. The van der Waals surface area contributed by atoms with Crippen LogP contribution in [0, 0.1) is 5.92 Å². The first-order chi connectivity index (χ1) is 14.3. The number of pyridine rings is 2. The molecule has 0 amide bonds. The third kappa shape index (κ3) is 4.23. The number of aromatic nitrogens is 3. The van der Waals surface area contributed by atoms with E-state index < -0.39 is 15.8 Å². The molecule has 1 unspecified atom stereocenters. The molecule has 4 rings (SSSR count). The molecule has 30 heavy (non-hydrogen) atoms. The van der Waals surface area contributed by atoms with Gasteiger partial charge in [-0.15, -0.1) is 0 Å². The van der Waals surface area contributed by atoms with Gasteiger partial charge >= 0.3 is 5.97 Å². The minimum atomic E-state index is -3.32. The van der Waals surface area contributed by atoms with Crippen LogP contribution in [0.3, 0.4) is 0 Å². The van der Waals surface area contributed by atoms with E-state index in [0.717, 1.165) is 41.6 Å². The summed E-state index contributed by atoms with van der Waals surface area (Å²) >= 11 is 0. The lowest BCUT2D eigenvalue weighted by atomic mass is 9.82. The molecule has 8 heteroatoms. The Labute approximate surface area is 175 Å². The van der Waals surface area contributed by atoms with Gasteiger partial charge in [0.1, 0.15) is 5.65 Å². The Hall–Kier alpha value is -2.74. The first-order valence-electron chi connectivity index (χ1n) is 10.1. The summed E-state index contributed by atoms with van der Waals surface area (Å²) in [6.45, 7) is 0. The first kappa shape index (κ1) is 20.5. The van der Waals surface area contributed by atoms with E-state index in [4.69, 9.17) is 4.74 Å². The molecule has 1 fully saturated rings. The standard InChI is InChI=1S/C22H25N3O4S/c1-29-22(26)17-9-16-10-18(25-21(16)24-13-17)11-19(14-5-3-4-6-14)15-7-8-20(23-12-15)30(2,27)28/h7-10,12-14,19H,3-6,11H2,1-2H3,(H,24,25). The smallest absolute Gasteiger partial charge is 0.339 e. The van der Waals surface area contributed by atoms with Crippen LogP contribution in [-0.4, -0.2) is 42.7 Å². The van der Waals surface area contributed by atoms with Crippen LogP contribution in [0.15, 0.2) is 41.7 Å². The molecule has 0 bridgehead atoms. The van der Waals surface area contributed by atoms with E-state index in [-0.39, 0.29) is 10.9 Å². The van der Waals surface area contributed by atoms with Crippen LogP contribution < -0.4 is 0 Å². The normalized spacial score (nSPS) is 16.1. The maximum absolute atomic E-state index is 11.8. The number of rotatable bonds is 6. The number of carbonyl (C=O) groups excluding carboxylic acids is 1. The number of sulfone groups is 1. The van der Waals surface area contributed by atoms with E-state index in [9.17, 15) is 13.2 Å². The van der Waals surface area contributed by atoms with Gasteiger partial charge in [0, 0.05) is 29.7 Å². The molecule has 3 aromatic rings. The number of fused-ring (bicyclic) bond motifs is 1. The molecule has 7 nitrogen and oxygen atoms in total. The lowest BCUT2D eigenvalue weighted by Gasteiger charge is -2.23. The van der Waals surface area contributed by atoms with Crippen molar-refractivity contribution in [2.24, 2.45) is 5.92 Å². The van der Waals surface area contributed by atoms with Gasteiger partial charge in [0.15, 0.2) is 14.9 Å². The van der Waals surface area contributed by atoms with Crippen molar-refractivity contribution in [1.82, 2.24) is 15.0 Å². The molecule has 158 valence electrons. The van der Waals surface area contributed by atoms with Crippen LogP contribution >= 0.6 is 0 Å². The van der Waals surface area contributed by atoms with Gasteiger partial charge in [-0.25, -0.2) is 23.2 Å². The Bertz CT molecular complexity index is 1160. The molecule has 0 saturated heterocycles. The van der Waals surface area contributed by atoms with Crippen LogP contribution in [0.25, 0.3) is 11.0 Å². The third-order valence-corrected chi connectivity index (χ3v) is 6.92. The monoisotopic (exact) mass is 427 g/mol. The Morgan fingerprint density at radius 1 is 1.20 bits per heavy atom. The lowest BCUT2D eigenvalue weighted by molar-refractivity contribution is 0.0600. The van der Waals surface area contributed by atoms with Crippen molar-refractivity contribution in [2.75, 3.05) is 13.4 Å². The number of carbonyl (C=O) groups is 1. The highest BCUT2D eigenvalue weighted by molar-refractivity contribution is 7.90. The van der Waals surface area contributed by atoms with Crippen molar-refractivity contribution in [3.63, 3.8) is 0 Å². The maximum atomic E-state index is 11.8. The van der Waals surface area contributed by atoms with E-state index in [0.29, 0.717) is 11.5 Å². The second kappa shape index (κ2) is 8.18. The molecule has 1 atom stereocenters. The van der Waals surface area contributed by atoms with Gasteiger partial charge < -0.3 is 9.72 Å². The lowest BCUT2D eigenvalue weighted by Crippen LogP contribution is -2.14. The van der Waals surface area contributed by atoms with Crippen molar-refractivity contribution in [2.45, 2.75) is 43.0 Å². The summed E-state index contributed by atoms with van der Waals surface area (Å²) in [5, 5.41) is 0.963. The Balaban J connectivity index is 1.64. The number of aromatic amines is 1. The summed E-state index contributed by atoms with van der Waals surface area (Å²) in [6.07, 6.45) is 9.90. The van der Waals surface area contributed by atoms with Gasteiger partial charge in [0.2, 0.25) is 0 Å². The van der Waals surface area contributed by atoms with Gasteiger partial charge in [-0.1, -0.05) is 18.9 Å². The number of methoxy groups -OCH3 is 1. The Morgan fingerprint density at radius 3 is 2.60 bits per heavy atom. The highest BCUT2D eigenvalue weighted by Crippen LogP contribution is 2.39. The van der Waals surface area contributed by atoms with E-state index in [1.807, 2.05) is 12.1 Å². The zero-order valence-electron chi connectivity index (χ0n) is 17.1. The minimum absolute atomic E-state index is 0.0987. The number of H-pyrrole nitrogens is 1. The summed E-state index contributed by atoms with van der Waals surface area (Å²) in [5.41, 5.74) is 3.23. The molecule has 1 aliphatic rings. The van der Waals surface area contributed by atoms with E-state index in [2.05, 4.69) is 15.0 Å². The zero-order valence-corrected chi connectivity index (χ0v) is 17.9. The van der Waals surface area contributed by atoms with Crippen molar-refractivity contribution in [3.05, 3.63) is 53.5 Å². The van der Waals surface area contributed by atoms with Crippen molar-refractivity contribution in [1.29, 1.82) is 0 Å². The van der Waals surface area contributed by atoms with Crippen LogP contribution in [0.4, 0.5) is 0 Å². The maximum Gasteiger partial charge on any atom is 0.339 e. The molecular formula is C22H25N3O4S. The van der Waals surface area contributed by atoms with Crippen molar-refractivity contribution < 1.29 is 17.9 Å². The van der Waals surface area contributed by atoms with Crippen LogP contribution in [0.2, 0.25) is 0 Å². The van der Waals surface area contributed by atoms with Crippen LogP contribution in [0.1, 0.15) is 53.2 Å². The van der Waals surface area contributed by atoms with Crippen LogP contribution in [-0.2, 0) is 21.0 Å². The van der Waals surface area contributed by atoms with Crippen molar-refractivity contribution >= 4 is 26.8 Å². The third-order valence-electron chi connectivity index (χ3n) is 5.92.